The molecule has 0 fully saturated rings. The molecule has 0 amide bonds. The number of nitrogens with zero attached hydrogens (tertiary/aromatic N) is 1. The number of para-hydroxylation sites is 1. The summed E-state index contributed by atoms with van der Waals surface area (Å²) >= 11 is 3.91. The fourth-order valence-corrected chi connectivity index (χ4v) is 4.37. The molecule has 3 rings (SSSR count). The van der Waals surface area contributed by atoms with Crippen LogP contribution < -0.4 is 0 Å². The van der Waals surface area contributed by atoms with Crippen molar-refractivity contribution in [2.45, 2.75) is 6.42 Å². The van der Waals surface area contributed by atoms with Gasteiger partial charge in [-0.1, -0.05) is 0 Å². The quantitative estimate of drug-likeness (QED) is 0.643. The summed E-state index contributed by atoms with van der Waals surface area (Å²) in [5, 5.41) is 0. The molecule has 1 heterocycles. The van der Waals surface area contributed by atoms with E-state index in [4.69, 9.17) is 4.98 Å². The molecule has 0 bridgehead atoms. The van der Waals surface area contributed by atoms with Crippen LogP contribution in [0.25, 0.3) is 9.78 Å². The predicted molar refractivity (Wildman–Crippen MR) is 75.6 cm³/mol. The van der Waals surface area contributed by atoms with Crippen LogP contribution in [-0.2, 0) is 6.42 Å². The summed E-state index contributed by atoms with van der Waals surface area (Å²) in [7, 11) is 0. The van der Waals surface area contributed by atoms with Crippen LogP contribution in [-0.4, -0.2) is 19.5 Å². The summed E-state index contributed by atoms with van der Waals surface area (Å²) in [6, 6.07) is 16.9. The van der Waals surface area contributed by atoms with Crippen molar-refractivity contribution in [3.05, 3.63) is 63.1 Å². The van der Waals surface area contributed by atoms with Gasteiger partial charge >= 0.3 is 115 Å². The number of fused-ring (bicyclic) bond motifs is 1. The molecule has 0 unspecified atom stereocenters. The van der Waals surface area contributed by atoms with Gasteiger partial charge in [-0.15, -0.1) is 0 Å². The van der Waals surface area contributed by atoms with Crippen LogP contribution in [0.3, 0.4) is 0 Å². The second-order valence-electron chi connectivity index (χ2n) is 3.88. The van der Waals surface area contributed by atoms with Gasteiger partial charge in [0.25, 0.3) is 0 Å². The molecule has 0 saturated heterocycles. The molecule has 0 aliphatic heterocycles. The van der Waals surface area contributed by atoms with E-state index in [1.807, 2.05) is 0 Å². The van der Waals surface area contributed by atoms with Crippen LogP contribution in [0, 0.1) is 0 Å². The van der Waals surface area contributed by atoms with Crippen LogP contribution in [0.1, 0.15) is 10.1 Å². The maximum atomic E-state index is 4.71. The molecule has 0 atom stereocenters. The molecule has 1 nitrogen and oxygen atoms in total. The number of aromatic nitrogens is 1. The number of hydrogen-bond donors (Lipinski definition) is 0. The standard InChI is InChI=1S/C14H10BrNSe/c15-11-5-3-4-10(8-11)9-14-16-12-6-1-2-7-13(12)17-14/h1-8H,9H2. The minimum absolute atomic E-state index is 0.402. The van der Waals surface area contributed by atoms with Gasteiger partial charge in [-0.3, -0.25) is 0 Å². The molecule has 0 spiro atoms. The fourth-order valence-electron chi connectivity index (χ4n) is 1.82. The van der Waals surface area contributed by atoms with Crippen LogP contribution in [0.2, 0.25) is 0 Å². The third-order valence-electron chi connectivity index (χ3n) is 2.58. The number of hydrogen-bond acceptors (Lipinski definition) is 1. The normalized spacial score (nSPS) is 10.9. The molecular weight excluding hydrogens is 341 g/mol. The van der Waals surface area contributed by atoms with Gasteiger partial charge in [0.15, 0.2) is 0 Å². The van der Waals surface area contributed by atoms with Crippen LogP contribution in [0.4, 0.5) is 0 Å². The van der Waals surface area contributed by atoms with Crippen molar-refractivity contribution in [2.24, 2.45) is 0 Å². The molecule has 0 aliphatic rings. The van der Waals surface area contributed by atoms with E-state index in [2.05, 4.69) is 64.5 Å². The van der Waals surface area contributed by atoms with E-state index in [0.717, 1.165) is 16.4 Å². The van der Waals surface area contributed by atoms with Crippen molar-refractivity contribution in [1.29, 1.82) is 0 Å². The summed E-state index contributed by atoms with van der Waals surface area (Å²) in [6.45, 7) is 0. The molecule has 1 aromatic heterocycles. The zero-order valence-electron chi connectivity index (χ0n) is 9.06. The Morgan fingerprint density at radius 1 is 1.06 bits per heavy atom. The predicted octanol–water partition coefficient (Wildman–Crippen LogP) is 3.65. The SMILES string of the molecule is Brc1cccc(Cc2nc3ccccc3[se]2)c1. The Balaban J connectivity index is 1.94. The molecule has 84 valence electrons. The van der Waals surface area contributed by atoms with Gasteiger partial charge in [-0.05, 0) is 0 Å². The van der Waals surface area contributed by atoms with Gasteiger partial charge in [0.05, 0.1) is 0 Å². The Bertz CT molecular complexity index is 627. The van der Waals surface area contributed by atoms with E-state index in [9.17, 15) is 0 Å². The van der Waals surface area contributed by atoms with Crippen molar-refractivity contribution >= 4 is 40.2 Å². The van der Waals surface area contributed by atoms with E-state index in [1.54, 1.807) is 0 Å². The Kier molecular flexibility index (Phi) is 3.15. The van der Waals surface area contributed by atoms with Crippen molar-refractivity contribution in [1.82, 2.24) is 4.98 Å². The fraction of sp³-hybridized carbons (Fsp3) is 0.0714. The zero-order chi connectivity index (χ0) is 11.7. The summed E-state index contributed by atoms with van der Waals surface area (Å²) < 4.78 is 3.86. The van der Waals surface area contributed by atoms with E-state index >= 15 is 0 Å². The van der Waals surface area contributed by atoms with Crippen LogP contribution >= 0.6 is 15.9 Å². The summed E-state index contributed by atoms with van der Waals surface area (Å²) in [6.07, 6.45) is 0.966. The van der Waals surface area contributed by atoms with Crippen molar-refractivity contribution < 1.29 is 0 Å². The third kappa shape index (κ3) is 2.52. The molecule has 17 heavy (non-hydrogen) atoms. The Morgan fingerprint density at radius 3 is 2.76 bits per heavy atom. The first kappa shape index (κ1) is 11.2. The number of rotatable bonds is 2. The average Bonchev–Trinajstić information content (AvgIpc) is 2.71. The van der Waals surface area contributed by atoms with Gasteiger partial charge < -0.3 is 0 Å². The Morgan fingerprint density at radius 2 is 1.94 bits per heavy atom. The molecule has 3 aromatic rings. The van der Waals surface area contributed by atoms with E-state index in [0.29, 0.717) is 14.5 Å². The molecular formula is C14H10BrNSe. The van der Waals surface area contributed by atoms with Gasteiger partial charge in [0.2, 0.25) is 0 Å². The van der Waals surface area contributed by atoms with Gasteiger partial charge in [0.1, 0.15) is 0 Å². The zero-order valence-corrected chi connectivity index (χ0v) is 12.4. The molecule has 0 N–H and O–H groups in total. The Labute approximate surface area is 114 Å². The minimum atomic E-state index is 0.402. The number of benzene rings is 2. The van der Waals surface area contributed by atoms with Gasteiger partial charge in [-0.25, -0.2) is 0 Å². The van der Waals surface area contributed by atoms with E-state index < -0.39 is 0 Å². The molecule has 0 saturated carbocycles. The topological polar surface area (TPSA) is 12.9 Å². The van der Waals surface area contributed by atoms with E-state index in [1.165, 1.54) is 14.4 Å². The monoisotopic (exact) mass is 351 g/mol. The second-order valence-corrected chi connectivity index (χ2v) is 7.14. The van der Waals surface area contributed by atoms with Crippen LogP contribution in [0.15, 0.2) is 53.0 Å². The molecule has 0 aliphatic carbocycles. The molecule has 0 radical (unpaired) electrons. The van der Waals surface area contributed by atoms with Gasteiger partial charge in [0, 0.05) is 0 Å². The first-order valence-corrected chi connectivity index (χ1v) is 7.91. The van der Waals surface area contributed by atoms with Gasteiger partial charge in [-0.2, -0.15) is 0 Å². The Hall–Kier alpha value is -0.891. The molecule has 2 aromatic carbocycles. The summed E-state index contributed by atoms with van der Waals surface area (Å²) in [5.41, 5.74) is 2.49. The van der Waals surface area contributed by atoms with Crippen LogP contribution in [0.5, 0.6) is 0 Å². The van der Waals surface area contributed by atoms with Crippen molar-refractivity contribution in [2.75, 3.05) is 0 Å². The number of halogens is 1. The molecule has 3 heteroatoms. The second kappa shape index (κ2) is 4.77. The van der Waals surface area contributed by atoms with Crippen molar-refractivity contribution in [3.63, 3.8) is 0 Å². The first-order valence-electron chi connectivity index (χ1n) is 5.40. The van der Waals surface area contributed by atoms with Crippen molar-refractivity contribution in [3.8, 4) is 0 Å². The maximum absolute atomic E-state index is 4.71. The third-order valence-corrected chi connectivity index (χ3v) is 5.25. The first-order chi connectivity index (χ1) is 8.31. The van der Waals surface area contributed by atoms with E-state index in [-0.39, 0.29) is 0 Å². The summed E-state index contributed by atoms with van der Waals surface area (Å²) in [5.74, 6) is 0. The summed E-state index contributed by atoms with van der Waals surface area (Å²) in [4.78, 5) is 4.71. The average molecular weight is 351 g/mol.